The maximum Gasteiger partial charge on any atom is 0.0554 e. The summed E-state index contributed by atoms with van der Waals surface area (Å²) < 4.78 is 5.29. The lowest BCUT2D eigenvalue weighted by Crippen LogP contribution is -2.48. The maximum absolute atomic E-state index is 5.94. The van der Waals surface area contributed by atoms with Gasteiger partial charge >= 0.3 is 0 Å². The predicted molar refractivity (Wildman–Crippen MR) is 76.0 cm³/mol. The minimum Gasteiger partial charge on any atom is -0.380 e. The number of hydrogen-bond acceptors (Lipinski definition) is 2. The van der Waals surface area contributed by atoms with E-state index in [1.165, 1.54) is 12.0 Å². The normalized spacial score (nSPS) is 19.3. The Morgan fingerprint density at radius 2 is 2.00 bits per heavy atom. The van der Waals surface area contributed by atoms with Crippen LogP contribution in [0.5, 0.6) is 0 Å². The molecule has 1 fully saturated rings. The van der Waals surface area contributed by atoms with E-state index in [-0.39, 0.29) is 0 Å². The smallest absolute Gasteiger partial charge is 0.0554 e. The molecule has 1 saturated heterocycles. The summed E-state index contributed by atoms with van der Waals surface area (Å²) in [6.07, 6.45) is 2.33. The molecule has 1 aromatic rings. The van der Waals surface area contributed by atoms with Crippen molar-refractivity contribution in [3.05, 3.63) is 34.9 Å². The molecule has 1 atom stereocenters. The van der Waals surface area contributed by atoms with Gasteiger partial charge in [0.1, 0.15) is 0 Å². The Morgan fingerprint density at radius 1 is 1.33 bits per heavy atom. The van der Waals surface area contributed by atoms with Crippen LogP contribution in [0.15, 0.2) is 24.3 Å². The van der Waals surface area contributed by atoms with Gasteiger partial charge in [-0.25, -0.2) is 0 Å². The monoisotopic (exact) mass is 267 g/mol. The van der Waals surface area contributed by atoms with Crippen LogP contribution in [0.1, 0.15) is 38.3 Å². The van der Waals surface area contributed by atoms with Crippen LogP contribution in [-0.4, -0.2) is 19.8 Å². The van der Waals surface area contributed by atoms with Crippen molar-refractivity contribution in [2.75, 3.05) is 19.8 Å². The molecule has 1 aliphatic heterocycles. The van der Waals surface area contributed by atoms with Crippen molar-refractivity contribution in [2.45, 2.75) is 32.7 Å². The van der Waals surface area contributed by atoms with Crippen molar-refractivity contribution in [3.63, 3.8) is 0 Å². The number of halogens is 1. The van der Waals surface area contributed by atoms with Crippen LogP contribution in [0, 0.1) is 5.41 Å². The van der Waals surface area contributed by atoms with Gasteiger partial charge in [0, 0.05) is 23.0 Å². The zero-order valence-electron chi connectivity index (χ0n) is 11.2. The van der Waals surface area contributed by atoms with Crippen LogP contribution in [0.3, 0.4) is 0 Å². The van der Waals surface area contributed by atoms with Crippen LogP contribution < -0.4 is 5.32 Å². The van der Waals surface area contributed by atoms with Gasteiger partial charge in [-0.15, -0.1) is 0 Å². The van der Waals surface area contributed by atoms with E-state index in [2.05, 4.69) is 31.3 Å². The van der Waals surface area contributed by atoms with Gasteiger partial charge in [0.25, 0.3) is 0 Å². The third-order valence-electron chi connectivity index (χ3n) is 3.53. The summed E-state index contributed by atoms with van der Waals surface area (Å²) in [4.78, 5) is 0. The van der Waals surface area contributed by atoms with E-state index in [0.717, 1.165) is 31.2 Å². The quantitative estimate of drug-likeness (QED) is 0.846. The predicted octanol–water partition coefficient (Wildman–Crippen LogP) is 3.81. The first-order valence-electron chi connectivity index (χ1n) is 6.69. The number of rotatable bonds is 6. The minimum atomic E-state index is 0.318. The Bertz CT molecular complexity index is 373. The highest BCUT2D eigenvalue weighted by Gasteiger charge is 2.33. The second kappa shape index (κ2) is 6.05. The molecule has 2 rings (SSSR count). The number of benzene rings is 1. The highest BCUT2D eigenvalue weighted by atomic mass is 35.5. The fourth-order valence-corrected chi connectivity index (χ4v) is 2.42. The van der Waals surface area contributed by atoms with E-state index >= 15 is 0 Å². The number of nitrogens with one attached hydrogen (secondary N) is 1. The SMILES string of the molecule is CCCC(NCC1(C)COC1)c1ccc(Cl)cc1. The minimum absolute atomic E-state index is 0.318. The van der Waals surface area contributed by atoms with Gasteiger partial charge in [-0.1, -0.05) is 44.0 Å². The van der Waals surface area contributed by atoms with Crippen molar-refractivity contribution in [1.82, 2.24) is 5.32 Å². The Balaban J connectivity index is 1.96. The van der Waals surface area contributed by atoms with Crippen molar-refractivity contribution in [2.24, 2.45) is 5.41 Å². The summed E-state index contributed by atoms with van der Waals surface area (Å²) >= 11 is 5.94. The summed E-state index contributed by atoms with van der Waals surface area (Å²) in [7, 11) is 0. The zero-order chi connectivity index (χ0) is 13.0. The lowest BCUT2D eigenvalue weighted by Gasteiger charge is -2.39. The van der Waals surface area contributed by atoms with Crippen LogP contribution >= 0.6 is 11.6 Å². The van der Waals surface area contributed by atoms with E-state index in [4.69, 9.17) is 16.3 Å². The molecule has 1 aromatic carbocycles. The summed E-state index contributed by atoms with van der Waals surface area (Å²) in [5.74, 6) is 0. The molecule has 100 valence electrons. The molecule has 0 bridgehead atoms. The molecule has 1 unspecified atom stereocenters. The molecule has 0 spiro atoms. The molecule has 0 aliphatic carbocycles. The standard InChI is InChI=1S/C15H22ClNO/c1-3-4-14(12-5-7-13(16)8-6-12)17-9-15(2)10-18-11-15/h5-8,14,17H,3-4,9-11H2,1-2H3. The largest absolute Gasteiger partial charge is 0.380 e. The Hall–Kier alpha value is -0.570. The molecule has 0 radical (unpaired) electrons. The molecular weight excluding hydrogens is 246 g/mol. The second-order valence-electron chi connectivity index (χ2n) is 5.58. The first-order chi connectivity index (χ1) is 8.63. The van der Waals surface area contributed by atoms with E-state index in [1.54, 1.807) is 0 Å². The Kier molecular flexibility index (Phi) is 4.66. The van der Waals surface area contributed by atoms with Gasteiger partial charge in [-0.05, 0) is 24.1 Å². The van der Waals surface area contributed by atoms with Gasteiger partial charge in [0.2, 0.25) is 0 Å². The van der Waals surface area contributed by atoms with Crippen molar-refractivity contribution >= 4 is 11.6 Å². The Morgan fingerprint density at radius 3 is 2.50 bits per heavy atom. The Labute approximate surface area is 115 Å². The van der Waals surface area contributed by atoms with Gasteiger partial charge in [0.15, 0.2) is 0 Å². The lowest BCUT2D eigenvalue weighted by molar-refractivity contribution is -0.100. The van der Waals surface area contributed by atoms with Gasteiger partial charge < -0.3 is 10.1 Å². The topological polar surface area (TPSA) is 21.3 Å². The van der Waals surface area contributed by atoms with Crippen molar-refractivity contribution in [3.8, 4) is 0 Å². The number of ether oxygens (including phenoxy) is 1. The molecule has 18 heavy (non-hydrogen) atoms. The van der Waals surface area contributed by atoms with Gasteiger partial charge in [-0.3, -0.25) is 0 Å². The highest BCUT2D eigenvalue weighted by Crippen LogP contribution is 2.28. The molecular formula is C15H22ClNO. The molecule has 0 aromatic heterocycles. The fourth-order valence-electron chi connectivity index (χ4n) is 2.29. The average Bonchev–Trinajstić information content (AvgIpc) is 2.33. The molecule has 1 heterocycles. The third kappa shape index (κ3) is 3.47. The fraction of sp³-hybridized carbons (Fsp3) is 0.600. The first-order valence-corrected chi connectivity index (χ1v) is 7.07. The maximum atomic E-state index is 5.94. The van der Waals surface area contributed by atoms with Crippen molar-refractivity contribution in [1.29, 1.82) is 0 Å². The van der Waals surface area contributed by atoms with Crippen molar-refractivity contribution < 1.29 is 4.74 Å². The summed E-state index contributed by atoms with van der Waals surface area (Å²) in [5, 5.41) is 4.48. The molecule has 0 amide bonds. The second-order valence-corrected chi connectivity index (χ2v) is 6.01. The number of hydrogen-bond donors (Lipinski definition) is 1. The van der Waals surface area contributed by atoms with E-state index < -0.39 is 0 Å². The highest BCUT2D eigenvalue weighted by molar-refractivity contribution is 6.30. The zero-order valence-corrected chi connectivity index (χ0v) is 12.0. The molecule has 2 nitrogen and oxygen atoms in total. The molecule has 1 aliphatic rings. The summed E-state index contributed by atoms with van der Waals surface area (Å²) in [5.41, 5.74) is 1.64. The van der Waals surface area contributed by atoms with Crippen LogP contribution in [0.25, 0.3) is 0 Å². The summed E-state index contributed by atoms with van der Waals surface area (Å²) in [6, 6.07) is 8.60. The third-order valence-corrected chi connectivity index (χ3v) is 3.78. The molecule has 1 N–H and O–H groups in total. The van der Waals surface area contributed by atoms with Gasteiger partial charge in [0.05, 0.1) is 13.2 Å². The first kappa shape index (κ1) is 13.9. The lowest BCUT2D eigenvalue weighted by atomic mass is 9.88. The van der Waals surface area contributed by atoms with E-state index in [9.17, 15) is 0 Å². The van der Waals surface area contributed by atoms with E-state index in [1.807, 2.05) is 12.1 Å². The van der Waals surface area contributed by atoms with Crippen LogP contribution in [0.2, 0.25) is 5.02 Å². The molecule has 0 saturated carbocycles. The average molecular weight is 268 g/mol. The van der Waals surface area contributed by atoms with E-state index in [0.29, 0.717) is 11.5 Å². The summed E-state index contributed by atoms with van der Waals surface area (Å²) in [6.45, 7) is 7.26. The van der Waals surface area contributed by atoms with Gasteiger partial charge in [-0.2, -0.15) is 0 Å². The van der Waals surface area contributed by atoms with Crippen LogP contribution in [0.4, 0.5) is 0 Å². The van der Waals surface area contributed by atoms with Crippen LogP contribution in [-0.2, 0) is 4.74 Å². The molecule has 3 heteroatoms.